The van der Waals surface area contributed by atoms with Crippen LogP contribution < -0.4 is 0 Å². The monoisotopic (exact) mass is 315 g/mol. The van der Waals surface area contributed by atoms with Crippen LogP contribution in [0, 0.1) is 12.7 Å². The van der Waals surface area contributed by atoms with Crippen molar-refractivity contribution in [1.82, 2.24) is 4.90 Å². The molecule has 1 unspecified atom stereocenters. The second-order valence-corrected chi connectivity index (χ2v) is 7.64. The average Bonchev–Trinajstić information content (AvgIpc) is 2.34. The Balaban J connectivity index is 2.18. The maximum Gasteiger partial charge on any atom is 0.304 e. The van der Waals surface area contributed by atoms with Gasteiger partial charge < -0.3 is 5.11 Å². The third-order valence-corrected chi connectivity index (χ3v) is 5.44. The molecule has 1 saturated heterocycles. The Morgan fingerprint density at radius 1 is 1.48 bits per heavy atom. The fraction of sp³-hybridized carbons (Fsp3) is 0.500. The Morgan fingerprint density at radius 2 is 2.19 bits per heavy atom. The van der Waals surface area contributed by atoms with Gasteiger partial charge in [0.15, 0.2) is 9.84 Å². The second-order valence-electron chi connectivity index (χ2n) is 5.41. The number of halogens is 1. The first-order chi connectivity index (χ1) is 9.77. The van der Waals surface area contributed by atoms with E-state index in [0.717, 1.165) is 11.1 Å². The predicted molar refractivity (Wildman–Crippen MR) is 76.2 cm³/mol. The maximum atomic E-state index is 13.1. The highest BCUT2D eigenvalue weighted by molar-refractivity contribution is 7.91. The fourth-order valence-corrected chi connectivity index (χ4v) is 4.17. The van der Waals surface area contributed by atoms with E-state index in [2.05, 4.69) is 0 Å². The van der Waals surface area contributed by atoms with Gasteiger partial charge in [-0.1, -0.05) is 6.07 Å². The van der Waals surface area contributed by atoms with E-state index < -0.39 is 21.8 Å². The largest absolute Gasteiger partial charge is 0.481 e. The zero-order valence-corrected chi connectivity index (χ0v) is 12.6. The van der Waals surface area contributed by atoms with E-state index >= 15 is 0 Å². The average molecular weight is 315 g/mol. The van der Waals surface area contributed by atoms with E-state index in [9.17, 15) is 17.6 Å². The molecule has 1 aromatic carbocycles. The number of aliphatic carboxylic acids is 1. The minimum atomic E-state index is -3.18. The normalized spacial score (nSPS) is 22.1. The summed E-state index contributed by atoms with van der Waals surface area (Å²) in [5, 5.41) is 8.94. The third kappa shape index (κ3) is 4.25. The molecule has 1 heterocycles. The summed E-state index contributed by atoms with van der Waals surface area (Å²) in [4.78, 5) is 12.8. The molecule has 2 rings (SSSR count). The van der Waals surface area contributed by atoms with Crippen LogP contribution in [0.1, 0.15) is 17.5 Å². The number of rotatable bonds is 4. The first-order valence-electron chi connectivity index (χ1n) is 6.68. The maximum absolute atomic E-state index is 13.1. The van der Waals surface area contributed by atoms with Gasteiger partial charge >= 0.3 is 5.97 Å². The van der Waals surface area contributed by atoms with E-state index in [1.807, 2.05) is 4.90 Å². The summed E-state index contributed by atoms with van der Waals surface area (Å²) in [7, 11) is -3.18. The van der Waals surface area contributed by atoms with E-state index in [4.69, 9.17) is 5.11 Å². The van der Waals surface area contributed by atoms with Crippen molar-refractivity contribution in [2.24, 2.45) is 0 Å². The van der Waals surface area contributed by atoms with Crippen LogP contribution in [-0.2, 0) is 21.2 Å². The Bertz CT molecular complexity index is 644. The number of carbonyl (C=O) groups is 1. The summed E-state index contributed by atoms with van der Waals surface area (Å²) in [5.41, 5.74) is 1.66. The Hall–Kier alpha value is -1.47. The van der Waals surface area contributed by atoms with Gasteiger partial charge in [-0.2, -0.15) is 0 Å². The summed E-state index contributed by atoms with van der Waals surface area (Å²) >= 11 is 0. The van der Waals surface area contributed by atoms with Crippen LogP contribution >= 0.6 is 0 Å². The summed E-state index contributed by atoms with van der Waals surface area (Å²) in [6.45, 7) is 2.52. The molecule has 0 spiro atoms. The number of carboxylic acid groups (broad SMARTS) is 1. The van der Waals surface area contributed by atoms with Crippen molar-refractivity contribution in [3.63, 3.8) is 0 Å². The molecule has 1 N–H and O–H groups in total. The third-order valence-electron chi connectivity index (χ3n) is 3.74. The minimum Gasteiger partial charge on any atom is -0.481 e. The van der Waals surface area contributed by atoms with Crippen LogP contribution in [-0.4, -0.2) is 48.5 Å². The van der Waals surface area contributed by atoms with Gasteiger partial charge in [-0.3, -0.25) is 9.69 Å². The topological polar surface area (TPSA) is 74.7 Å². The lowest BCUT2D eigenvalue weighted by Crippen LogP contribution is -2.48. The lowest BCUT2D eigenvalue weighted by atomic mass is 10.1. The van der Waals surface area contributed by atoms with Crippen LogP contribution in [0.25, 0.3) is 0 Å². The van der Waals surface area contributed by atoms with Gasteiger partial charge in [-0.15, -0.1) is 0 Å². The number of hydrogen-bond acceptors (Lipinski definition) is 4. The van der Waals surface area contributed by atoms with Gasteiger partial charge in [0, 0.05) is 19.1 Å². The van der Waals surface area contributed by atoms with Gasteiger partial charge in [-0.25, -0.2) is 12.8 Å². The first kappa shape index (κ1) is 15.9. The van der Waals surface area contributed by atoms with E-state index in [1.165, 1.54) is 12.1 Å². The highest BCUT2D eigenvalue weighted by atomic mass is 32.2. The smallest absolute Gasteiger partial charge is 0.304 e. The van der Waals surface area contributed by atoms with Gasteiger partial charge in [0.05, 0.1) is 17.9 Å². The van der Waals surface area contributed by atoms with Crippen molar-refractivity contribution in [3.05, 3.63) is 35.1 Å². The molecule has 21 heavy (non-hydrogen) atoms. The van der Waals surface area contributed by atoms with Crippen LogP contribution in [0.2, 0.25) is 0 Å². The van der Waals surface area contributed by atoms with E-state index in [1.54, 1.807) is 13.0 Å². The van der Waals surface area contributed by atoms with Crippen LogP contribution in [0.3, 0.4) is 0 Å². The minimum absolute atomic E-state index is 0.0311. The van der Waals surface area contributed by atoms with Crippen molar-refractivity contribution < 1.29 is 22.7 Å². The summed E-state index contributed by atoms with van der Waals surface area (Å²) in [5.74, 6) is -1.44. The molecule has 0 radical (unpaired) electrons. The molecule has 1 aliphatic rings. The Morgan fingerprint density at radius 3 is 2.81 bits per heavy atom. The molecule has 0 aromatic heterocycles. The Kier molecular flexibility index (Phi) is 4.63. The molecular weight excluding hydrogens is 297 g/mol. The van der Waals surface area contributed by atoms with E-state index in [0.29, 0.717) is 13.1 Å². The number of sulfone groups is 1. The number of hydrogen-bond donors (Lipinski definition) is 1. The van der Waals surface area contributed by atoms with Crippen LogP contribution in [0.5, 0.6) is 0 Å². The van der Waals surface area contributed by atoms with Crippen molar-refractivity contribution >= 4 is 15.8 Å². The molecule has 0 saturated carbocycles. The highest BCUT2D eigenvalue weighted by Crippen LogP contribution is 2.20. The summed E-state index contributed by atoms with van der Waals surface area (Å²) in [6.07, 6.45) is -0.209. The van der Waals surface area contributed by atoms with Crippen LogP contribution in [0.4, 0.5) is 4.39 Å². The molecule has 116 valence electrons. The molecule has 1 aromatic rings. The van der Waals surface area contributed by atoms with Gasteiger partial charge in [0.2, 0.25) is 0 Å². The van der Waals surface area contributed by atoms with Crippen LogP contribution in [0.15, 0.2) is 18.2 Å². The summed E-state index contributed by atoms with van der Waals surface area (Å²) < 4.78 is 36.5. The highest BCUT2D eigenvalue weighted by Gasteiger charge is 2.32. The quantitative estimate of drug-likeness (QED) is 0.904. The molecule has 0 amide bonds. The zero-order valence-electron chi connectivity index (χ0n) is 11.8. The number of aryl methyl sites for hydroxylation is 1. The second kappa shape index (κ2) is 6.11. The Labute approximate surface area is 123 Å². The summed E-state index contributed by atoms with van der Waals surface area (Å²) in [6, 6.07) is 3.90. The first-order valence-corrected chi connectivity index (χ1v) is 8.50. The molecule has 5 nitrogen and oxygen atoms in total. The predicted octanol–water partition coefficient (Wildman–Crippen LogP) is 1.21. The molecular formula is C14H18FNO4S. The SMILES string of the molecule is Cc1cc(F)ccc1CN1CCS(=O)(=O)CC1CC(=O)O. The lowest BCUT2D eigenvalue weighted by molar-refractivity contribution is -0.138. The van der Waals surface area contributed by atoms with Crippen molar-refractivity contribution in [2.45, 2.75) is 25.9 Å². The van der Waals surface area contributed by atoms with Crippen molar-refractivity contribution in [3.8, 4) is 0 Å². The zero-order chi connectivity index (χ0) is 15.6. The van der Waals surface area contributed by atoms with E-state index in [-0.39, 0.29) is 23.7 Å². The molecule has 7 heteroatoms. The molecule has 1 fully saturated rings. The van der Waals surface area contributed by atoms with Gasteiger partial charge in [-0.05, 0) is 30.2 Å². The van der Waals surface area contributed by atoms with Gasteiger partial charge in [0.1, 0.15) is 5.82 Å². The molecule has 0 aliphatic carbocycles. The molecule has 1 aliphatic heterocycles. The molecule has 0 bridgehead atoms. The number of nitrogens with zero attached hydrogens (tertiary/aromatic N) is 1. The van der Waals surface area contributed by atoms with Crippen molar-refractivity contribution in [2.75, 3.05) is 18.1 Å². The van der Waals surface area contributed by atoms with Crippen molar-refractivity contribution in [1.29, 1.82) is 0 Å². The fourth-order valence-electron chi connectivity index (χ4n) is 2.57. The molecule has 1 atom stereocenters. The number of carboxylic acids is 1. The number of benzene rings is 1. The standard InChI is InChI=1S/C14H18FNO4S/c1-10-6-12(15)3-2-11(10)8-16-4-5-21(19,20)9-13(16)7-14(17)18/h2-3,6,13H,4-5,7-9H2,1H3,(H,17,18). The van der Waals surface area contributed by atoms with Gasteiger partial charge in [0.25, 0.3) is 0 Å². The lowest BCUT2D eigenvalue weighted by Gasteiger charge is -2.35.